The highest BCUT2D eigenvalue weighted by atomic mass is 35.5. The van der Waals surface area contributed by atoms with Gasteiger partial charge in [0.05, 0.1) is 7.11 Å². The fourth-order valence-electron chi connectivity index (χ4n) is 3.30. The van der Waals surface area contributed by atoms with E-state index in [-0.39, 0.29) is 18.3 Å². The number of para-hydroxylation sites is 2. The zero-order valence-corrected chi connectivity index (χ0v) is 17.1. The van der Waals surface area contributed by atoms with Crippen molar-refractivity contribution >= 4 is 18.3 Å². The number of rotatable bonds is 8. The summed E-state index contributed by atoms with van der Waals surface area (Å²) in [4.78, 5) is 12.1. The van der Waals surface area contributed by atoms with Gasteiger partial charge in [-0.3, -0.25) is 4.79 Å². The van der Waals surface area contributed by atoms with Gasteiger partial charge >= 0.3 is 0 Å². The number of nitrogens with one attached hydrogen (secondary N) is 2. The highest BCUT2D eigenvalue weighted by Crippen LogP contribution is 2.30. The topological polar surface area (TPSA) is 59.6 Å². The molecule has 0 aromatic heterocycles. The number of hydrogen-bond acceptors (Lipinski definition) is 4. The Morgan fingerprint density at radius 1 is 1.07 bits per heavy atom. The summed E-state index contributed by atoms with van der Waals surface area (Å²) in [6.45, 7) is 2.70. The van der Waals surface area contributed by atoms with Crippen molar-refractivity contribution in [3.63, 3.8) is 0 Å². The molecule has 1 amide bonds. The Morgan fingerprint density at radius 3 is 2.43 bits per heavy atom. The van der Waals surface area contributed by atoms with Gasteiger partial charge in [0.1, 0.15) is 5.75 Å². The summed E-state index contributed by atoms with van der Waals surface area (Å²) in [6.07, 6.45) is 3.96. The van der Waals surface area contributed by atoms with Gasteiger partial charge in [0.25, 0.3) is 0 Å². The number of ether oxygens (including phenoxy) is 2. The lowest BCUT2D eigenvalue weighted by molar-refractivity contribution is -0.121. The van der Waals surface area contributed by atoms with Crippen LogP contribution in [0.4, 0.5) is 0 Å². The minimum atomic E-state index is 0. The van der Waals surface area contributed by atoms with Crippen LogP contribution >= 0.6 is 12.4 Å². The molecule has 1 aliphatic heterocycles. The molecule has 2 aromatic carbocycles. The van der Waals surface area contributed by atoms with Crippen molar-refractivity contribution in [2.75, 3.05) is 20.2 Å². The molecule has 0 unspecified atom stereocenters. The number of hydrogen-bond donors (Lipinski definition) is 2. The summed E-state index contributed by atoms with van der Waals surface area (Å²) in [6, 6.07) is 15.3. The minimum Gasteiger partial charge on any atom is -0.493 e. The Labute approximate surface area is 173 Å². The lowest BCUT2D eigenvalue weighted by atomic mass is 9.93. The Hall–Kier alpha value is -2.24. The minimum absolute atomic E-state index is 0. The van der Waals surface area contributed by atoms with E-state index in [4.69, 9.17) is 9.47 Å². The van der Waals surface area contributed by atoms with Crippen molar-refractivity contribution in [2.24, 2.45) is 5.92 Å². The molecule has 1 fully saturated rings. The second kappa shape index (κ2) is 11.6. The molecule has 0 aliphatic carbocycles. The molecule has 0 bridgehead atoms. The Bertz CT molecular complexity index is 731. The normalized spacial score (nSPS) is 14.0. The fourth-order valence-corrected chi connectivity index (χ4v) is 3.30. The second-order valence-corrected chi connectivity index (χ2v) is 6.91. The molecule has 0 atom stereocenters. The van der Waals surface area contributed by atoms with Crippen molar-refractivity contribution < 1.29 is 14.3 Å². The number of carbonyl (C=O) groups excluding carboxylic acids is 1. The summed E-state index contributed by atoms with van der Waals surface area (Å²) < 4.78 is 11.2. The van der Waals surface area contributed by atoms with Crippen molar-refractivity contribution in [1.29, 1.82) is 0 Å². The maximum absolute atomic E-state index is 12.1. The average Bonchev–Trinajstić information content (AvgIpc) is 2.73. The van der Waals surface area contributed by atoms with Gasteiger partial charge in [-0.05, 0) is 68.1 Å². The van der Waals surface area contributed by atoms with Crippen LogP contribution in [0.2, 0.25) is 0 Å². The quantitative estimate of drug-likeness (QED) is 0.688. The zero-order chi connectivity index (χ0) is 18.9. The number of piperidine rings is 1. The summed E-state index contributed by atoms with van der Waals surface area (Å²) >= 11 is 0. The van der Waals surface area contributed by atoms with E-state index in [1.165, 1.54) is 12.8 Å². The van der Waals surface area contributed by atoms with Crippen LogP contribution in [-0.4, -0.2) is 26.1 Å². The molecule has 2 aromatic rings. The molecule has 152 valence electrons. The maximum Gasteiger partial charge on any atom is 0.220 e. The SMILES string of the molecule is COc1ccccc1Oc1ccc(CNC(=O)CCC2CCNCC2)cc1.Cl. The lowest BCUT2D eigenvalue weighted by Crippen LogP contribution is -2.29. The highest BCUT2D eigenvalue weighted by Gasteiger charge is 2.14. The van der Waals surface area contributed by atoms with Gasteiger partial charge in [0.2, 0.25) is 5.91 Å². The van der Waals surface area contributed by atoms with Crippen LogP contribution in [0.25, 0.3) is 0 Å². The largest absolute Gasteiger partial charge is 0.493 e. The molecule has 0 spiro atoms. The summed E-state index contributed by atoms with van der Waals surface area (Å²) in [7, 11) is 1.62. The molecule has 0 radical (unpaired) electrons. The van der Waals surface area contributed by atoms with E-state index in [0.29, 0.717) is 30.4 Å². The molecule has 1 aliphatic rings. The molecule has 2 N–H and O–H groups in total. The van der Waals surface area contributed by atoms with Crippen molar-refractivity contribution in [3.8, 4) is 17.2 Å². The van der Waals surface area contributed by atoms with Crippen LogP contribution < -0.4 is 20.1 Å². The van der Waals surface area contributed by atoms with E-state index in [9.17, 15) is 4.79 Å². The summed E-state index contributed by atoms with van der Waals surface area (Å²) in [5, 5.41) is 6.37. The van der Waals surface area contributed by atoms with E-state index in [1.807, 2.05) is 48.5 Å². The predicted octanol–water partition coefficient (Wildman–Crippen LogP) is 4.31. The third-order valence-corrected chi connectivity index (χ3v) is 4.95. The first-order valence-electron chi connectivity index (χ1n) is 9.62. The molecule has 3 rings (SSSR count). The van der Waals surface area contributed by atoms with Crippen LogP contribution in [0.15, 0.2) is 48.5 Å². The Morgan fingerprint density at radius 2 is 1.75 bits per heavy atom. The molecule has 6 heteroatoms. The van der Waals surface area contributed by atoms with Crippen LogP contribution in [0.1, 0.15) is 31.2 Å². The molecule has 1 saturated heterocycles. The molecular weight excluding hydrogens is 376 g/mol. The van der Waals surface area contributed by atoms with Crippen molar-refractivity contribution in [3.05, 3.63) is 54.1 Å². The first-order chi connectivity index (χ1) is 13.2. The van der Waals surface area contributed by atoms with Crippen molar-refractivity contribution in [2.45, 2.75) is 32.2 Å². The van der Waals surface area contributed by atoms with E-state index in [1.54, 1.807) is 7.11 Å². The zero-order valence-electron chi connectivity index (χ0n) is 16.3. The molecule has 28 heavy (non-hydrogen) atoms. The lowest BCUT2D eigenvalue weighted by Gasteiger charge is -2.22. The first kappa shape index (κ1) is 22.1. The molecular formula is C22H29ClN2O3. The van der Waals surface area contributed by atoms with Gasteiger partial charge in [-0.15, -0.1) is 12.4 Å². The van der Waals surface area contributed by atoms with Crippen LogP contribution in [0.3, 0.4) is 0 Å². The van der Waals surface area contributed by atoms with Gasteiger partial charge in [-0.1, -0.05) is 24.3 Å². The third-order valence-electron chi connectivity index (χ3n) is 4.95. The van der Waals surface area contributed by atoms with Gasteiger partial charge in [-0.2, -0.15) is 0 Å². The number of carbonyl (C=O) groups is 1. The highest BCUT2D eigenvalue weighted by molar-refractivity contribution is 5.85. The van der Waals surface area contributed by atoms with Gasteiger partial charge in [-0.25, -0.2) is 0 Å². The summed E-state index contributed by atoms with van der Waals surface area (Å²) in [5.74, 6) is 2.92. The predicted molar refractivity (Wildman–Crippen MR) is 113 cm³/mol. The monoisotopic (exact) mass is 404 g/mol. The maximum atomic E-state index is 12.1. The molecule has 1 heterocycles. The van der Waals surface area contributed by atoms with Crippen LogP contribution in [0.5, 0.6) is 17.2 Å². The van der Waals surface area contributed by atoms with Gasteiger partial charge in [0, 0.05) is 13.0 Å². The standard InChI is InChI=1S/C22H28N2O3.ClH/c1-26-20-4-2-3-5-21(20)27-19-9-6-18(7-10-19)16-24-22(25)11-8-17-12-14-23-15-13-17;/h2-7,9-10,17,23H,8,11-16H2,1H3,(H,24,25);1H. The van der Waals surface area contributed by atoms with Gasteiger partial charge < -0.3 is 20.1 Å². The van der Waals surface area contributed by atoms with Crippen LogP contribution in [0, 0.1) is 5.92 Å². The number of methoxy groups -OCH3 is 1. The average molecular weight is 405 g/mol. The van der Waals surface area contributed by atoms with E-state index >= 15 is 0 Å². The fraction of sp³-hybridized carbons (Fsp3) is 0.409. The number of amides is 1. The van der Waals surface area contributed by atoms with E-state index in [2.05, 4.69) is 10.6 Å². The number of benzene rings is 2. The number of halogens is 1. The second-order valence-electron chi connectivity index (χ2n) is 6.91. The molecule has 5 nitrogen and oxygen atoms in total. The Balaban J connectivity index is 0.00000280. The van der Waals surface area contributed by atoms with Crippen LogP contribution in [-0.2, 0) is 11.3 Å². The summed E-state index contributed by atoms with van der Waals surface area (Å²) in [5.41, 5.74) is 1.05. The third kappa shape index (κ3) is 6.73. The smallest absolute Gasteiger partial charge is 0.220 e. The Kier molecular flexibility index (Phi) is 9.11. The van der Waals surface area contributed by atoms with E-state index < -0.39 is 0 Å². The van der Waals surface area contributed by atoms with Crippen molar-refractivity contribution in [1.82, 2.24) is 10.6 Å². The van der Waals surface area contributed by atoms with Gasteiger partial charge in [0.15, 0.2) is 11.5 Å². The molecule has 0 saturated carbocycles. The van der Waals surface area contributed by atoms with E-state index in [0.717, 1.165) is 30.8 Å². The first-order valence-corrected chi connectivity index (χ1v) is 9.62.